The fourth-order valence-corrected chi connectivity index (χ4v) is 6.02. The van der Waals surface area contributed by atoms with Gasteiger partial charge < -0.3 is 19.1 Å². The van der Waals surface area contributed by atoms with Gasteiger partial charge in [0.1, 0.15) is 11.4 Å². The second kappa shape index (κ2) is 13.1. The number of nitrogens with one attached hydrogen (secondary N) is 1. The highest BCUT2D eigenvalue weighted by Gasteiger charge is 2.38. The number of rotatable bonds is 10. The Labute approximate surface area is 222 Å². The topological polar surface area (TPSA) is 94.2 Å². The van der Waals surface area contributed by atoms with Gasteiger partial charge in [0, 0.05) is 12.6 Å². The minimum Gasteiger partial charge on any atom is -0.493 e. The predicted octanol–water partition coefficient (Wildman–Crippen LogP) is 5.00. The zero-order valence-electron chi connectivity index (χ0n) is 22.8. The van der Waals surface area contributed by atoms with Crippen molar-refractivity contribution in [2.24, 2.45) is 0 Å². The maximum absolute atomic E-state index is 13.0. The van der Waals surface area contributed by atoms with Gasteiger partial charge in [-0.05, 0) is 83.3 Å². The Bertz CT molecular complexity index is 998. The summed E-state index contributed by atoms with van der Waals surface area (Å²) in [5, 5.41) is 0. The van der Waals surface area contributed by atoms with Crippen molar-refractivity contribution in [2.45, 2.75) is 95.4 Å². The molecule has 1 aromatic rings. The van der Waals surface area contributed by atoms with E-state index in [-0.39, 0.29) is 12.7 Å². The van der Waals surface area contributed by atoms with Crippen molar-refractivity contribution >= 4 is 16.1 Å². The van der Waals surface area contributed by atoms with E-state index in [2.05, 4.69) is 23.4 Å². The smallest absolute Gasteiger partial charge is 0.410 e. The molecule has 8 nitrogen and oxygen atoms in total. The van der Waals surface area contributed by atoms with E-state index in [1.807, 2.05) is 39.0 Å². The van der Waals surface area contributed by atoms with Crippen LogP contribution >= 0.6 is 0 Å². The molecular weight excluding hydrogens is 492 g/mol. The Morgan fingerprint density at radius 2 is 1.86 bits per heavy atom. The van der Waals surface area contributed by atoms with E-state index in [0.717, 1.165) is 44.1 Å². The Hall–Kier alpha value is -2.10. The molecule has 0 aromatic heterocycles. The van der Waals surface area contributed by atoms with Crippen LogP contribution < -0.4 is 9.46 Å². The highest BCUT2D eigenvalue weighted by atomic mass is 32.2. The molecule has 1 aliphatic heterocycles. The number of hydrogen-bond acceptors (Lipinski definition) is 6. The third-order valence-electron chi connectivity index (χ3n) is 6.89. The van der Waals surface area contributed by atoms with Crippen LogP contribution in [0.15, 0.2) is 36.9 Å². The highest BCUT2D eigenvalue weighted by Crippen LogP contribution is 2.38. The summed E-state index contributed by atoms with van der Waals surface area (Å²) in [6.45, 7) is 10.6. The van der Waals surface area contributed by atoms with Crippen LogP contribution in [0.3, 0.4) is 0 Å². The lowest BCUT2D eigenvalue weighted by Crippen LogP contribution is -2.59. The zero-order valence-corrected chi connectivity index (χ0v) is 23.6. The molecule has 1 saturated heterocycles. The minimum absolute atomic E-state index is 0.0615. The van der Waals surface area contributed by atoms with Crippen LogP contribution in [0.2, 0.25) is 0 Å². The summed E-state index contributed by atoms with van der Waals surface area (Å²) in [5.41, 5.74) is 0.606. The van der Waals surface area contributed by atoms with E-state index in [4.69, 9.17) is 14.2 Å². The minimum atomic E-state index is -3.44. The highest BCUT2D eigenvalue weighted by molar-refractivity contribution is 7.88. The number of benzene rings is 1. The fourth-order valence-electron chi connectivity index (χ4n) is 5.20. The summed E-state index contributed by atoms with van der Waals surface area (Å²) >= 11 is 0. The maximum atomic E-state index is 13.0. The van der Waals surface area contributed by atoms with Crippen molar-refractivity contribution < 1.29 is 27.4 Å². The zero-order chi connectivity index (χ0) is 27.1. The number of carbonyl (C=O) groups is 1. The molecular formula is C28H44N2O6S. The quantitative estimate of drug-likeness (QED) is 0.334. The molecule has 1 N–H and O–H groups in total. The van der Waals surface area contributed by atoms with Crippen LogP contribution in [-0.2, 0) is 19.5 Å². The summed E-state index contributed by atoms with van der Waals surface area (Å²) in [5.74, 6) is 1.35. The lowest BCUT2D eigenvalue weighted by Gasteiger charge is -2.42. The van der Waals surface area contributed by atoms with Crippen molar-refractivity contribution in [1.29, 1.82) is 0 Å². The third-order valence-corrected chi connectivity index (χ3v) is 7.62. The van der Waals surface area contributed by atoms with Crippen LogP contribution in [0.5, 0.6) is 5.75 Å². The van der Waals surface area contributed by atoms with Gasteiger partial charge in [-0.2, -0.15) is 0 Å². The number of carbonyl (C=O) groups excluding carboxylic acids is 1. The number of nitrogens with zero attached hydrogens (tertiary/aromatic N) is 1. The Morgan fingerprint density at radius 3 is 2.51 bits per heavy atom. The average molecular weight is 537 g/mol. The van der Waals surface area contributed by atoms with E-state index in [1.54, 1.807) is 4.90 Å². The van der Waals surface area contributed by atoms with Gasteiger partial charge in [-0.1, -0.05) is 24.3 Å². The molecule has 1 aromatic carbocycles. The Morgan fingerprint density at radius 1 is 1.16 bits per heavy atom. The number of ether oxygens (including phenoxy) is 3. The molecule has 9 heteroatoms. The average Bonchev–Trinajstić information content (AvgIpc) is 2.82. The maximum Gasteiger partial charge on any atom is 0.410 e. The number of likely N-dealkylation sites (tertiary alicyclic amines) is 1. The summed E-state index contributed by atoms with van der Waals surface area (Å²) < 4.78 is 44.8. The number of hydrogen-bond donors (Lipinski definition) is 1. The summed E-state index contributed by atoms with van der Waals surface area (Å²) in [6, 6.07) is 7.41. The van der Waals surface area contributed by atoms with Gasteiger partial charge in [0.25, 0.3) is 0 Å². The van der Waals surface area contributed by atoms with Crippen LogP contribution in [0.25, 0.3) is 0 Å². The molecule has 0 unspecified atom stereocenters. The lowest BCUT2D eigenvalue weighted by molar-refractivity contribution is -0.0391. The lowest BCUT2D eigenvalue weighted by atomic mass is 9.82. The predicted molar refractivity (Wildman–Crippen MR) is 145 cm³/mol. The van der Waals surface area contributed by atoms with E-state index >= 15 is 0 Å². The molecule has 37 heavy (non-hydrogen) atoms. The molecule has 1 aliphatic carbocycles. The molecule has 0 radical (unpaired) electrons. The van der Waals surface area contributed by atoms with Gasteiger partial charge in [0.15, 0.2) is 0 Å². The molecule has 0 spiro atoms. The standard InChI is InChI=1S/C28H44N2O6S/c1-6-7-19-34-26-13-9-8-11-23(26)21-14-16-22(17-15-21)35-20-25-24(29-37(5,32)33)12-10-18-30(25)27(31)36-28(2,3)4/h6,8-9,11,13,21-22,24-25,29H,1,7,10,12,14-20H2,2-5H3/t21?,22?,24-,25-/m0/s1. The summed E-state index contributed by atoms with van der Waals surface area (Å²) in [6.07, 6.45) is 8.56. The van der Waals surface area contributed by atoms with E-state index in [0.29, 0.717) is 31.9 Å². The van der Waals surface area contributed by atoms with E-state index in [1.165, 1.54) is 5.56 Å². The molecule has 2 atom stereocenters. The van der Waals surface area contributed by atoms with Gasteiger partial charge in [0.05, 0.1) is 31.6 Å². The number of para-hydroxylation sites is 1. The number of amides is 1. The molecule has 2 fully saturated rings. The number of sulfonamides is 1. The molecule has 0 bridgehead atoms. The van der Waals surface area contributed by atoms with Gasteiger partial charge in [0.2, 0.25) is 10.0 Å². The Kier molecular flexibility index (Phi) is 10.4. The molecule has 3 rings (SSSR count). The van der Waals surface area contributed by atoms with Crippen molar-refractivity contribution in [2.75, 3.05) is 26.0 Å². The molecule has 2 aliphatic rings. The monoisotopic (exact) mass is 536 g/mol. The first kappa shape index (κ1) is 29.5. The van der Waals surface area contributed by atoms with Crippen LogP contribution in [0, 0.1) is 0 Å². The van der Waals surface area contributed by atoms with E-state index in [9.17, 15) is 13.2 Å². The third kappa shape index (κ3) is 9.30. The van der Waals surface area contributed by atoms with Crippen molar-refractivity contribution in [1.82, 2.24) is 9.62 Å². The van der Waals surface area contributed by atoms with Gasteiger partial charge in [-0.25, -0.2) is 17.9 Å². The van der Waals surface area contributed by atoms with Gasteiger partial charge >= 0.3 is 6.09 Å². The second-order valence-corrected chi connectivity index (χ2v) is 12.9. The second-order valence-electron chi connectivity index (χ2n) is 11.2. The first-order chi connectivity index (χ1) is 17.5. The SMILES string of the molecule is C=CCCOc1ccccc1C1CCC(OC[C@H]2[C@@H](NS(C)(=O)=O)CCCN2C(=O)OC(C)(C)C)CC1. The van der Waals surface area contributed by atoms with Crippen LogP contribution in [0.1, 0.15) is 77.2 Å². The largest absolute Gasteiger partial charge is 0.493 e. The van der Waals surface area contributed by atoms with Crippen molar-refractivity contribution in [3.63, 3.8) is 0 Å². The molecule has 1 heterocycles. The first-order valence-electron chi connectivity index (χ1n) is 13.4. The van der Waals surface area contributed by atoms with Gasteiger partial charge in [-0.3, -0.25) is 0 Å². The fraction of sp³-hybridized carbons (Fsp3) is 0.679. The normalized spacial score (nSPS) is 24.9. The van der Waals surface area contributed by atoms with Crippen molar-refractivity contribution in [3.05, 3.63) is 42.5 Å². The Balaban J connectivity index is 1.62. The molecule has 208 valence electrons. The summed E-state index contributed by atoms with van der Waals surface area (Å²) in [4.78, 5) is 14.6. The first-order valence-corrected chi connectivity index (χ1v) is 15.3. The van der Waals surface area contributed by atoms with Crippen LogP contribution in [-0.4, -0.2) is 69.2 Å². The molecule has 1 saturated carbocycles. The number of piperidine rings is 1. The van der Waals surface area contributed by atoms with Crippen molar-refractivity contribution in [3.8, 4) is 5.75 Å². The van der Waals surface area contributed by atoms with E-state index < -0.39 is 33.8 Å². The van der Waals surface area contributed by atoms with Gasteiger partial charge in [-0.15, -0.1) is 6.58 Å². The van der Waals surface area contributed by atoms with Crippen LogP contribution in [0.4, 0.5) is 4.79 Å². The summed E-state index contributed by atoms with van der Waals surface area (Å²) in [7, 11) is -3.44. The molecule has 1 amide bonds.